The standard InChI is InChI=1S/C21H26N2O/c1-12-7-15(4)18(16(5)8-12)11-23-20-10-14(3)13(2)9-19(20)22-21(23)17(6)24/h7-10,17,24H,11H2,1-6H3. The van der Waals surface area contributed by atoms with E-state index in [0.29, 0.717) is 0 Å². The lowest BCUT2D eigenvalue weighted by Gasteiger charge is -2.16. The van der Waals surface area contributed by atoms with Crippen LogP contribution in [-0.2, 0) is 6.54 Å². The fourth-order valence-electron chi connectivity index (χ4n) is 3.50. The number of benzene rings is 2. The number of nitrogens with zero attached hydrogens (tertiary/aromatic N) is 2. The first-order chi connectivity index (χ1) is 11.3. The molecular weight excluding hydrogens is 296 g/mol. The number of aliphatic hydroxyl groups is 1. The fourth-order valence-corrected chi connectivity index (χ4v) is 3.50. The van der Waals surface area contributed by atoms with E-state index in [2.05, 4.69) is 63.5 Å². The van der Waals surface area contributed by atoms with Crippen LogP contribution in [0.2, 0.25) is 0 Å². The van der Waals surface area contributed by atoms with Gasteiger partial charge in [-0.1, -0.05) is 17.7 Å². The normalized spacial score (nSPS) is 12.8. The first-order valence-corrected chi connectivity index (χ1v) is 8.50. The Balaban J connectivity index is 2.21. The van der Waals surface area contributed by atoms with Gasteiger partial charge in [0.05, 0.1) is 11.0 Å². The average molecular weight is 322 g/mol. The van der Waals surface area contributed by atoms with Gasteiger partial charge in [0.2, 0.25) is 0 Å². The summed E-state index contributed by atoms with van der Waals surface area (Å²) >= 11 is 0. The van der Waals surface area contributed by atoms with Crippen molar-refractivity contribution in [1.82, 2.24) is 9.55 Å². The van der Waals surface area contributed by atoms with E-state index >= 15 is 0 Å². The predicted octanol–water partition coefficient (Wildman–Crippen LogP) is 4.68. The molecule has 0 saturated carbocycles. The van der Waals surface area contributed by atoms with Crippen molar-refractivity contribution < 1.29 is 5.11 Å². The van der Waals surface area contributed by atoms with Crippen LogP contribution in [0.1, 0.15) is 52.2 Å². The van der Waals surface area contributed by atoms with E-state index in [-0.39, 0.29) is 0 Å². The molecule has 0 aliphatic heterocycles. The number of aryl methyl sites for hydroxylation is 5. The molecule has 0 fully saturated rings. The third-order valence-corrected chi connectivity index (χ3v) is 4.92. The molecule has 1 atom stereocenters. The van der Waals surface area contributed by atoms with Gasteiger partial charge in [0.15, 0.2) is 0 Å². The summed E-state index contributed by atoms with van der Waals surface area (Å²) in [5.74, 6) is 0.731. The van der Waals surface area contributed by atoms with Crippen LogP contribution < -0.4 is 0 Å². The number of hydrogen-bond acceptors (Lipinski definition) is 2. The monoisotopic (exact) mass is 322 g/mol. The maximum absolute atomic E-state index is 10.2. The largest absolute Gasteiger partial charge is 0.385 e. The molecule has 3 aromatic rings. The first kappa shape index (κ1) is 16.7. The molecule has 1 aromatic heterocycles. The van der Waals surface area contributed by atoms with Crippen molar-refractivity contribution in [2.75, 3.05) is 0 Å². The Kier molecular flexibility index (Phi) is 4.22. The molecule has 1 unspecified atom stereocenters. The molecular formula is C21H26N2O. The Labute approximate surface area is 144 Å². The van der Waals surface area contributed by atoms with Crippen LogP contribution in [0.5, 0.6) is 0 Å². The van der Waals surface area contributed by atoms with E-state index in [1.165, 1.54) is 33.4 Å². The van der Waals surface area contributed by atoms with Gasteiger partial charge in [0, 0.05) is 6.54 Å². The number of aromatic nitrogens is 2. The minimum absolute atomic E-state index is 0.593. The number of fused-ring (bicyclic) bond motifs is 1. The highest BCUT2D eigenvalue weighted by Crippen LogP contribution is 2.27. The molecule has 0 spiro atoms. The Morgan fingerprint density at radius 3 is 2.08 bits per heavy atom. The van der Waals surface area contributed by atoms with Crippen LogP contribution >= 0.6 is 0 Å². The van der Waals surface area contributed by atoms with Gasteiger partial charge in [-0.25, -0.2) is 4.98 Å². The molecule has 3 nitrogen and oxygen atoms in total. The molecule has 24 heavy (non-hydrogen) atoms. The van der Waals surface area contributed by atoms with E-state index in [4.69, 9.17) is 4.98 Å². The lowest BCUT2D eigenvalue weighted by atomic mass is 9.99. The second-order valence-corrected chi connectivity index (χ2v) is 7.03. The zero-order valence-electron chi connectivity index (χ0n) is 15.4. The fraction of sp³-hybridized carbons (Fsp3) is 0.381. The van der Waals surface area contributed by atoms with E-state index in [0.717, 1.165) is 23.4 Å². The van der Waals surface area contributed by atoms with E-state index < -0.39 is 6.10 Å². The lowest BCUT2D eigenvalue weighted by molar-refractivity contribution is 0.185. The summed E-state index contributed by atoms with van der Waals surface area (Å²) in [6.45, 7) is 13.2. The quantitative estimate of drug-likeness (QED) is 0.760. The summed E-state index contributed by atoms with van der Waals surface area (Å²) in [6, 6.07) is 8.74. The van der Waals surface area contributed by atoms with Gasteiger partial charge in [0.25, 0.3) is 0 Å². The third-order valence-electron chi connectivity index (χ3n) is 4.92. The minimum atomic E-state index is -0.593. The highest BCUT2D eigenvalue weighted by atomic mass is 16.3. The predicted molar refractivity (Wildman–Crippen MR) is 99.6 cm³/mol. The number of rotatable bonds is 3. The molecule has 1 heterocycles. The zero-order chi connectivity index (χ0) is 17.6. The molecule has 3 rings (SSSR count). The summed E-state index contributed by atoms with van der Waals surface area (Å²) in [4.78, 5) is 4.70. The highest BCUT2D eigenvalue weighted by molar-refractivity contribution is 5.78. The SMILES string of the molecule is Cc1cc(C)c(Cn2c(C(C)O)nc3cc(C)c(C)cc32)c(C)c1. The summed E-state index contributed by atoms with van der Waals surface area (Å²) in [6.07, 6.45) is -0.593. The van der Waals surface area contributed by atoms with Crippen molar-refractivity contribution in [3.8, 4) is 0 Å². The Hall–Kier alpha value is -2.13. The second kappa shape index (κ2) is 6.06. The molecule has 1 N–H and O–H groups in total. The lowest BCUT2D eigenvalue weighted by Crippen LogP contribution is -2.10. The van der Waals surface area contributed by atoms with Gasteiger partial charge in [-0.2, -0.15) is 0 Å². The van der Waals surface area contributed by atoms with E-state index in [1.54, 1.807) is 6.92 Å². The summed E-state index contributed by atoms with van der Waals surface area (Å²) in [5, 5.41) is 10.2. The Morgan fingerprint density at radius 2 is 1.50 bits per heavy atom. The molecule has 0 aliphatic rings. The van der Waals surface area contributed by atoms with Crippen LogP contribution in [0.4, 0.5) is 0 Å². The van der Waals surface area contributed by atoms with Crippen molar-refractivity contribution in [2.24, 2.45) is 0 Å². The van der Waals surface area contributed by atoms with Gasteiger partial charge in [-0.3, -0.25) is 0 Å². The van der Waals surface area contributed by atoms with Crippen molar-refractivity contribution in [1.29, 1.82) is 0 Å². The second-order valence-electron chi connectivity index (χ2n) is 7.03. The van der Waals surface area contributed by atoms with Gasteiger partial charge in [0.1, 0.15) is 11.9 Å². The van der Waals surface area contributed by atoms with Crippen LogP contribution in [0.15, 0.2) is 24.3 Å². The maximum atomic E-state index is 10.2. The van der Waals surface area contributed by atoms with Crippen molar-refractivity contribution in [3.05, 3.63) is 63.5 Å². The van der Waals surface area contributed by atoms with Gasteiger partial charge in [-0.15, -0.1) is 0 Å². The number of hydrogen-bond donors (Lipinski definition) is 1. The van der Waals surface area contributed by atoms with Crippen LogP contribution in [0, 0.1) is 34.6 Å². The third kappa shape index (κ3) is 2.84. The highest BCUT2D eigenvalue weighted by Gasteiger charge is 2.17. The van der Waals surface area contributed by atoms with E-state index in [1.807, 2.05) is 0 Å². The summed E-state index contributed by atoms with van der Waals surface area (Å²) < 4.78 is 2.16. The minimum Gasteiger partial charge on any atom is -0.385 e. The molecule has 0 radical (unpaired) electrons. The molecule has 0 amide bonds. The van der Waals surface area contributed by atoms with Gasteiger partial charge >= 0.3 is 0 Å². The van der Waals surface area contributed by atoms with Gasteiger partial charge in [-0.05, 0) is 81.5 Å². The van der Waals surface area contributed by atoms with Crippen molar-refractivity contribution in [3.63, 3.8) is 0 Å². The summed E-state index contributed by atoms with van der Waals surface area (Å²) in [5.41, 5.74) is 9.69. The van der Waals surface area contributed by atoms with Crippen LogP contribution in [0.3, 0.4) is 0 Å². The smallest absolute Gasteiger partial charge is 0.138 e. The van der Waals surface area contributed by atoms with E-state index in [9.17, 15) is 5.11 Å². The number of imidazole rings is 1. The van der Waals surface area contributed by atoms with Crippen LogP contribution in [0.25, 0.3) is 11.0 Å². The first-order valence-electron chi connectivity index (χ1n) is 8.50. The van der Waals surface area contributed by atoms with Crippen molar-refractivity contribution >= 4 is 11.0 Å². The topological polar surface area (TPSA) is 38.0 Å². The average Bonchev–Trinajstić information content (AvgIpc) is 2.81. The molecule has 0 aliphatic carbocycles. The molecule has 3 heteroatoms. The summed E-state index contributed by atoms with van der Waals surface area (Å²) in [7, 11) is 0. The van der Waals surface area contributed by atoms with Gasteiger partial charge < -0.3 is 9.67 Å². The molecule has 2 aromatic carbocycles. The Bertz CT molecular complexity index is 896. The van der Waals surface area contributed by atoms with Crippen LogP contribution in [-0.4, -0.2) is 14.7 Å². The molecule has 126 valence electrons. The zero-order valence-corrected chi connectivity index (χ0v) is 15.4. The van der Waals surface area contributed by atoms with Crippen molar-refractivity contribution in [2.45, 2.75) is 54.2 Å². The number of aliphatic hydroxyl groups excluding tert-OH is 1. The maximum Gasteiger partial charge on any atom is 0.138 e. The Morgan fingerprint density at radius 1 is 0.917 bits per heavy atom. The molecule has 0 bridgehead atoms. The molecule has 0 saturated heterocycles.